The molecule has 1 aliphatic heterocycles. The molecule has 0 spiro atoms. The van der Waals surface area contributed by atoms with Crippen molar-refractivity contribution in [3.63, 3.8) is 0 Å². The lowest BCUT2D eigenvalue weighted by Gasteiger charge is -2.34. The lowest BCUT2D eigenvalue weighted by molar-refractivity contribution is -0.123. The summed E-state index contributed by atoms with van der Waals surface area (Å²) in [6, 6.07) is 15.8. The quantitative estimate of drug-likeness (QED) is 0.621. The van der Waals surface area contributed by atoms with Gasteiger partial charge in [0.2, 0.25) is 5.91 Å². The highest BCUT2D eigenvalue weighted by Crippen LogP contribution is 2.22. The van der Waals surface area contributed by atoms with Crippen LogP contribution in [0.15, 0.2) is 54.6 Å². The Labute approximate surface area is 187 Å². The fourth-order valence-electron chi connectivity index (χ4n) is 4.20. The second-order valence-electron chi connectivity index (χ2n) is 8.68. The van der Waals surface area contributed by atoms with E-state index < -0.39 is 0 Å². The second kappa shape index (κ2) is 9.53. The standard InChI is InChI=1S/C25H29FN4O2/c1-17(2)24(18-7-9-20(26)10-8-18)28-23(31)16-29-11-13-30(14-12-29)25(32)22-15-19-5-3-4-6-21(19)27-22/h3-10,15,17,24,27H,11-14,16H2,1-2H3,(H,28,31). The van der Waals surface area contributed by atoms with E-state index in [0.29, 0.717) is 31.9 Å². The number of halogens is 1. The van der Waals surface area contributed by atoms with Gasteiger partial charge in [-0.1, -0.05) is 44.2 Å². The largest absolute Gasteiger partial charge is 0.351 e. The molecule has 1 aromatic heterocycles. The SMILES string of the molecule is CC(C)C(NC(=O)CN1CCN(C(=O)c2cc3ccccc3[nH]2)CC1)c1ccc(F)cc1. The highest BCUT2D eigenvalue weighted by atomic mass is 19.1. The first kappa shape index (κ1) is 22.0. The van der Waals surface area contributed by atoms with E-state index in [9.17, 15) is 14.0 Å². The molecule has 4 rings (SSSR count). The molecule has 7 heteroatoms. The number of H-pyrrole nitrogens is 1. The number of carbonyl (C=O) groups excluding carboxylic acids is 2. The lowest BCUT2D eigenvalue weighted by Crippen LogP contribution is -2.51. The number of carbonyl (C=O) groups is 2. The number of benzene rings is 2. The topological polar surface area (TPSA) is 68.4 Å². The van der Waals surface area contributed by atoms with Gasteiger partial charge in [0, 0.05) is 37.1 Å². The molecule has 2 N–H and O–H groups in total. The first-order valence-electron chi connectivity index (χ1n) is 11.0. The average Bonchev–Trinajstić information content (AvgIpc) is 3.22. The minimum Gasteiger partial charge on any atom is -0.351 e. The zero-order valence-corrected chi connectivity index (χ0v) is 18.5. The van der Waals surface area contributed by atoms with Crippen LogP contribution < -0.4 is 5.32 Å². The van der Waals surface area contributed by atoms with Crippen LogP contribution in [0.4, 0.5) is 4.39 Å². The maximum atomic E-state index is 13.2. The van der Waals surface area contributed by atoms with Crippen LogP contribution in [0.1, 0.15) is 35.9 Å². The zero-order chi connectivity index (χ0) is 22.7. The molecule has 0 bridgehead atoms. The molecular formula is C25H29FN4O2. The van der Waals surface area contributed by atoms with Crippen LogP contribution in [0.3, 0.4) is 0 Å². The Bertz CT molecular complexity index is 1050. The Balaban J connectivity index is 1.30. The number of fused-ring (bicyclic) bond motifs is 1. The monoisotopic (exact) mass is 436 g/mol. The van der Waals surface area contributed by atoms with Gasteiger partial charge in [-0.25, -0.2) is 4.39 Å². The van der Waals surface area contributed by atoms with Crippen LogP contribution in [0, 0.1) is 11.7 Å². The molecule has 0 radical (unpaired) electrons. The summed E-state index contributed by atoms with van der Waals surface area (Å²) in [6.45, 7) is 6.77. The van der Waals surface area contributed by atoms with E-state index >= 15 is 0 Å². The van der Waals surface area contributed by atoms with E-state index in [2.05, 4.69) is 15.2 Å². The third-order valence-corrected chi connectivity index (χ3v) is 6.00. The number of para-hydroxylation sites is 1. The first-order valence-corrected chi connectivity index (χ1v) is 11.0. The summed E-state index contributed by atoms with van der Waals surface area (Å²) in [5.41, 5.74) is 2.44. The molecular weight excluding hydrogens is 407 g/mol. The maximum absolute atomic E-state index is 13.2. The Hall–Kier alpha value is -3.19. The van der Waals surface area contributed by atoms with Gasteiger partial charge in [-0.3, -0.25) is 14.5 Å². The van der Waals surface area contributed by atoms with E-state index in [0.717, 1.165) is 16.5 Å². The molecule has 1 atom stereocenters. The van der Waals surface area contributed by atoms with Gasteiger partial charge in [0.25, 0.3) is 5.91 Å². The van der Waals surface area contributed by atoms with Gasteiger partial charge in [-0.2, -0.15) is 0 Å². The highest BCUT2D eigenvalue weighted by molar-refractivity contribution is 5.98. The number of rotatable bonds is 6. The smallest absolute Gasteiger partial charge is 0.270 e. The van der Waals surface area contributed by atoms with Gasteiger partial charge in [0.1, 0.15) is 11.5 Å². The first-order chi connectivity index (χ1) is 15.4. The molecule has 2 amide bonds. The van der Waals surface area contributed by atoms with Crippen molar-refractivity contribution in [2.75, 3.05) is 32.7 Å². The summed E-state index contributed by atoms with van der Waals surface area (Å²) < 4.78 is 13.2. The van der Waals surface area contributed by atoms with E-state index in [-0.39, 0.29) is 36.1 Å². The molecule has 2 aromatic carbocycles. The summed E-state index contributed by atoms with van der Waals surface area (Å²) in [5, 5.41) is 4.11. The fraction of sp³-hybridized carbons (Fsp3) is 0.360. The van der Waals surface area contributed by atoms with Crippen molar-refractivity contribution < 1.29 is 14.0 Å². The van der Waals surface area contributed by atoms with Crippen LogP contribution in [0.2, 0.25) is 0 Å². The zero-order valence-electron chi connectivity index (χ0n) is 18.5. The van der Waals surface area contributed by atoms with Crippen molar-refractivity contribution in [3.05, 3.63) is 71.7 Å². The Morgan fingerprint density at radius 2 is 1.72 bits per heavy atom. The normalized spacial score (nSPS) is 15.8. The van der Waals surface area contributed by atoms with E-state index in [1.165, 1.54) is 12.1 Å². The molecule has 3 aromatic rings. The van der Waals surface area contributed by atoms with Crippen molar-refractivity contribution in [2.24, 2.45) is 5.92 Å². The molecule has 32 heavy (non-hydrogen) atoms. The van der Waals surface area contributed by atoms with E-state index in [1.54, 1.807) is 12.1 Å². The number of nitrogens with one attached hydrogen (secondary N) is 2. The van der Waals surface area contributed by atoms with Gasteiger partial charge in [0.05, 0.1) is 12.6 Å². The number of nitrogens with zero attached hydrogens (tertiary/aromatic N) is 2. The summed E-state index contributed by atoms with van der Waals surface area (Å²) in [4.78, 5) is 32.6. The third kappa shape index (κ3) is 4.99. The lowest BCUT2D eigenvalue weighted by atomic mass is 9.96. The van der Waals surface area contributed by atoms with Crippen LogP contribution in [0.25, 0.3) is 10.9 Å². The summed E-state index contributed by atoms with van der Waals surface area (Å²) in [7, 11) is 0. The van der Waals surface area contributed by atoms with Gasteiger partial charge in [-0.05, 0) is 35.7 Å². The van der Waals surface area contributed by atoms with Gasteiger partial charge in [0.15, 0.2) is 0 Å². The van der Waals surface area contributed by atoms with E-state index in [1.807, 2.05) is 49.1 Å². The summed E-state index contributed by atoms with van der Waals surface area (Å²) in [5.74, 6) is -0.192. The molecule has 0 saturated carbocycles. The number of amides is 2. The predicted molar refractivity (Wildman–Crippen MR) is 123 cm³/mol. The van der Waals surface area contributed by atoms with Gasteiger partial charge < -0.3 is 15.2 Å². The number of aromatic nitrogens is 1. The number of piperazine rings is 1. The summed E-state index contributed by atoms with van der Waals surface area (Å²) in [6.07, 6.45) is 0. The molecule has 168 valence electrons. The van der Waals surface area contributed by atoms with Crippen molar-refractivity contribution in [1.82, 2.24) is 20.1 Å². The van der Waals surface area contributed by atoms with Crippen molar-refractivity contribution in [3.8, 4) is 0 Å². The molecule has 6 nitrogen and oxygen atoms in total. The van der Waals surface area contributed by atoms with Crippen molar-refractivity contribution in [2.45, 2.75) is 19.9 Å². The maximum Gasteiger partial charge on any atom is 0.270 e. The Morgan fingerprint density at radius 3 is 2.38 bits per heavy atom. The summed E-state index contributed by atoms with van der Waals surface area (Å²) >= 11 is 0. The molecule has 1 unspecified atom stereocenters. The number of hydrogen-bond acceptors (Lipinski definition) is 3. The molecule has 1 aliphatic rings. The number of hydrogen-bond donors (Lipinski definition) is 2. The molecule has 0 aliphatic carbocycles. The number of aromatic amines is 1. The van der Waals surface area contributed by atoms with Crippen molar-refractivity contribution >= 4 is 22.7 Å². The average molecular weight is 437 g/mol. The minimum atomic E-state index is -0.289. The van der Waals surface area contributed by atoms with Crippen molar-refractivity contribution in [1.29, 1.82) is 0 Å². The molecule has 1 saturated heterocycles. The third-order valence-electron chi connectivity index (χ3n) is 6.00. The van der Waals surface area contributed by atoms with Crippen LogP contribution >= 0.6 is 0 Å². The predicted octanol–water partition coefficient (Wildman–Crippen LogP) is 3.58. The highest BCUT2D eigenvalue weighted by Gasteiger charge is 2.25. The van der Waals surface area contributed by atoms with Crippen LogP contribution in [0.5, 0.6) is 0 Å². The van der Waals surface area contributed by atoms with Gasteiger partial charge in [-0.15, -0.1) is 0 Å². The van der Waals surface area contributed by atoms with Crippen LogP contribution in [-0.4, -0.2) is 59.3 Å². The second-order valence-corrected chi connectivity index (χ2v) is 8.68. The van der Waals surface area contributed by atoms with Crippen LogP contribution in [-0.2, 0) is 4.79 Å². The fourth-order valence-corrected chi connectivity index (χ4v) is 4.20. The molecule has 2 heterocycles. The Morgan fingerprint density at radius 1 is 1.03 bits per heavy atom. The molecule has 1 fully saturated rings. The minimum absolute atomic E-state index is 0.0125. The Kier molecular flexibility index (Phi) is 6.55. The van der Waals surface area contributed by atoms with Gasteiger partial charge >= 0.3 is 0 Å². The van der Waals surface area contributed by atoms with E-state index in [4.69, 9.17) is 0 Å².